The fourth-order valence-corrected chi connectivity index (χ4v) is 4.80. The van der Waals surface area contributed by atoms with Gasteiger partial charge >= 0.3 is 6.03 Å². The summed E-state index contributed by atoms with van der Waals surface area (Å²) in [6.45, 7) is 3.66. The summed E-state index contributed by atoms with van der Waals surface area (Å²) in [6, 6.07) is 31.9. The minimum Gasteiger partial charge on any atom is -0.484 e. The summed E-state index contributed by atoms with van der Waals surface area (Å²) >= 11 is 0. The zero-order valence-corrected chi connectivity index (χ0v) is 27.0. The molecule has 244 valence electrons. The van der Waals surface area contributed by atoms with Crippen molar-refractivity contribution < 1.29 is 23.9 Å². The van der Waals surface area contributed by atoms with Gasteiger partial charge in [0.05, 0.1) is 6.54 Å². The third-order valence-corrected chi connectivity index (χ3v) is 7.38. The van der Waals surface area contributed by atoms with Crippen molar-refractivity contribution in [2.45, 2.75) is 26.7 Å². The number of urea groups is 1. The Hall–Kier alpha value is -5.64. The van der Waals surface area contributed by atoms with Gasteiger partial charge in [-0.2, -0.15) is 0 Å². The third-order valence-electron chi connectivity index (χ3n) is 7.38. The van der Waals surface area contributed by atoms with Crippen LogP contribution in [0.5, 0.6) is 5.75 Å². The highest BCUT2D eigenvalue weighted by Gasteiger charge is 2.23. The van der Waals surface area contributed by atoms with Crippen LogP contribution in [-0.4, -0.2) is 57.0 Å². The lowest BCUT2D eigenvalue weighted by Crippen LogP contribution is -2.46. The molecule has 4 aromatic rings. The van der Waals surface area contributed by atoms with E-state index in [1.807, 2.05) is 73.7 Å². The van der Waals surface area contributed by atoms with Gasteiger partial charge < -0.3 is 30.1 Å². The Balaban J connectivity index is 1.49. The van der Waals surface area contributed by atoms with Crippen molar-refractivity contribution in [2.75, 3.05) is 53.3 Å². The van der Waals surface area contributed by atoms with Crippen molar-refractivity contribution in [3.8, 4) is 5.75 Å². The maximum Gasteiger partial charge on any atom is 0.319 e. The zero-order chi connectivity index (χ0) is 33.6. The molecule has 0 radical (unpaired) electrons. The molecule has 10 nitrogen and oxygen atoms in total. The first-order valence-electron chi connectivity index (χ1n) is 15.6. The minimum absolute atomic E-state index is 0.202. The molecule has 0 heterocycles. The van der Waals surface area contributed by atoms with E-state index >= 15 is 0 Å². The molecule has 4 rings (SSSR count). The quantitative estimate of drug-likeness (QED) is 0.176. The van der Waals surface area contributed by atoms with E-state index in [1.54, 1.807) is 54.4 Å². The number of hydrogen-bond donors (Lipinski definition) is 2. The second kappa shape index (κ2) is 17.2. The van der Waals surface area contributed by atoms with E-state index < -0.39 is 11.9 Å². The van der Waals surface area contributed by atoms with E-state index in [0.29, 0.717) is 29.4 Å². The van der Waals surface area contributed by atoms with Crippen LogP contribution in [0.2, 0.25) is 0 Å². The summed E-state index contributed by atoms with van der Waals surface area (Å²) in [5, 5.41) is 5.30. The molecule has 0 fully saturated rings. The van der Waals surface area contributed by atoms with Crippen LogP contribution < -0.4 is 30.1 Å². The average molecular weight is 636 g/mol. The molecule has 0 bridgehead atoms. The topological polar surface area (TPSA) is 111 Å². The second-order valence-corrected chi connectivity index (χ2v) is 11.0. The zero-order valence-electron chi connectivity index (χ0n) is 27.0. The van der Waals surface area contributed by atoms with Crippen LogP contribution >= 0.6 is 0 Å². The van der Waals surface area contributed by atoms with Crippen LogP contribution in [0.4, 0.5) is 27.5 Å². The number of carbonyl (C=O) groups is 4. The van der Waals surface area contributed by atoms with Crippen molar-refractivity contribution >= 4 is 46.5 Å². The van der Waals surface area contributed by atoms with Gasteiger partial charge in [-0.1, -0.05) is 67.9 Å². The molecule has 0 saturated carbocycles. The number of likely N-dealkylation sites (N-methyl/N-ethyl adjacent to an activating group) is 1. The van der Waals surface area contributed by atoms with Crippen LogP contribution in [-0.2, 0) is 14.4 Å². The fraction of sp³-hybridized carbons (Fsp3) is 0.243. The molecule has 0 unspecified atom stereocenters. The smallest absolute Gasteiger partial charge is 0.319 e. The molecule has 0 aromatic heterocycles. The SMILES string of the molecule is CCCCN(C(=O)COc1cccc(N(CC(=O)N(C)c2ccccc2)C(=O)CNC(=O)Nc2cccc(C)c2)c1)c1ccccc1. The van der Waals surface area contributed by atoms with Gasteiger partial charge in [0.25, 0.3) is 5.91 Å². The molecule has 5 amide bonds. The average Bonchev–Trinajstić information content (AvgIpc) is 3.09. The van der Waals surface area contributed by atoms with E-state index in [-0.39, 0.29) is 31.5 Å². The van der Waals surface area contributed by atoms with Gasteiger partial charge in [0.2, 0.25) is 11.8 Å². The number of carbonyl (C=O) groups excluding carboxylic acids is 4. The van der Waals surface area contributed by atoms with Gasteiger partial charge in [0.15, 0.2) is 6.61 Å². The summed E-state index contributed by atoms with van der Waals surface area (Å²) in [4.78, 5) is 57.3. The maximum atomic E-state index is 13.6. The van der Waals surface area contributed by atoms with Gasteiger partial charge in [-0.05, 0) is 67.4 Å². The van der Waals surface area contributed by atoms with Gasteiger partial charge in [-0.3, -0.25) is 14.4 Å². The van der Waals surface area contributed by atoms with Crippen LogP contribution in [0.1, 0.15) is 25.3 Å². The highest BCUT2D eigenvalue weighted by Crippen LogP contribution is 2.23. The summed E-state index contributed by atoms with van der Waals surface area (Å²) in [5.41, 5.74) is 3.40. The Morgan fingerprint density at radius 2 is 1.36 bits per heavy atom. The highest BCUT2D eigenvalue weighted by molar-refractivity contribution is 6.05. The first kappa shape index (κ1) is 34.2. The van der Waals surface area contributed by atoms with E-state index in [1.165, 1.54) is 9.80 Å². The van der Waals surface area contributed by atoms with E-state index in [9.17, 15) is 19.2 Å². The van der Waals surface area contributed by atoms with E-state index in [0.717, 1.165) is 24.1 Å². The number of unbranched alkanes of at least 4 members (excludes halogenated alkanes) is 1. The van der Waals surface area contributed by atoms with Crippen LogP contribution in [0.15, 0.2) is 109 Å². The molecule has 0 aliphatic heterocycles. The van der Waals surface area contributed by atoms with Crippen LogP contribution in [0.3, 0.4) is 0 Å². The Morgan fingerprint density at radius 3 is 2.04 bits per heavy atom. The number of aryl methyl sites for hydroxylation is 1. The molecular formula is C37H41N5O5. The normalized spacial score (nSPS) is 10.4. The lowest BCUT2D eigenvalue weighted by atomic mass is 10.2. The van der Waals surface area contributed by atoms with Crippen LogP contribution in [0, 0.1) is 6.92 Å². The first-order valence-corrected chi connectivity index (χ1v) is 15.6. The first-order chi connectivity index (χ1) is 22.7. The number of para-hydroxylation sites is 2. The number of anilines is 4. The van der Waals surface area contributed by atoms with Gasteiger partial charge in [0.1, 0.15) is 12.3 Å². The van der Waals surface area contributed by atoms with Gasteiger partial charge in [-0.25, -0.2) is 4.79 Å². The highest BCUT2D eigenvalue weighted by atomic mass is 16.5. The Morgan fingerprint density at radius 1 is 0.702 bits per heavy atom. The van der Waals surface area contributed by atoms with E-state index in [4.69, 9.17) is 4.74 Å². The molecule has 0 saturated heterocycles. The van der Waals surface area contributed by atoms with Crippen molar-refractivity contribution in [3.63, 3.8) is 0 Å². The van der Waals surface area contributed by atoms with Crippen molar-refractivity contribution in [1.29, 1.82) is 0 Å². The predicted molar refractivity (Wildman–Crippen MR) is 186 cm³/mol. The number of nitrogens with one attached hydrogen (secondary N) is 2. The summed E-state index contributed by atoms with van der Waals surface area (Å²) < 4.78 is 5.91. The third kappa shape index (κ3) is 10.2. The molecule has 0 spiro atoms. The van der Waals surface area contributed by atoms with Crippen molar-refractivity contribution in [2.24, 2.45) is 0 Å². The largest absolute Gasteiger partial charge is 0.484 e. The monoisotopic (exact) mass is 635 g/mol. The molecule has 2 N–H and O–H groups in total. The molecule has 4 aromatic carbocycles. The number of amides is 5. The number of rotatable bonds is 14. The predicted octanol–water partition coefficient (Wildman–Crippen LogP) is 6.02. The lowest BCUT2D eigenvalue weighted by molar-refractivity contribution is -0.121. The van der Waals surface area contributed by atoms with Gasteiger partial charge in [0, 0.05) is 42.4 Å². The molecule has 0 aliphatic carbocycles. The lowest BCUT2D eigenvalue weighted by Gasteiger charge is -2.26. The summed E-state index contributed by atoms with van der Waals surface area (Å²) in [6.07, 6.45) is 1.78. The molecule has 47 heavy (non-hydrogen) atoms. The standard InChI is InChI=1S/C37H41N5O5/c1-4-5-22-41(31-18-10-7-11-19-31)36(45)27-47-33-21-13-20-32(24-33)42(26-35(44)40(3)30-16-8-6-9-17-30)34(43)25-38-37(46)39-29-15-12-14-28(2)23-29/h6-21,23-24H,4-5,22,25-27H2,1-3H3,(H2,38,39,46). The maximum absolute atomic E-state index is 13.6. The number of benzene rings is 4. The molecule has 10 heteroatoms. The number of hydrogen-bond acceptors (Lipinski definition) is 5. The fourth-order valence-electron chi connectivity index (χ4n) is 4.80. The van der Waals surface area contributed by atoms with E-state index in [2.05, 4.69) is 17.6 Å². The number of nitrogens with zero attached hydrogens (tertiary/aromatic N) is 3. The second-order valence-electron chi connectivity index (χ2n) is 11.0. The molecule has 0 atom stereocenters. The molecular weight excluding hydrogens is 594 g/mol. The summed E-state index contributed by atoms with van der Waals surface area (Å²) in [5.74, 6) is -0.704. The van der Waals surface area contributed by atoms with Crippen molar-refractivity contribution in [3.05, 3.63) is 115 Å². The summed E-state index contributed by atoms with van der Waals surface area (Å²) in [7, 11) is 1.63. The van der Waals surface area contributed by atoms with Gasteiger partial charge in [-0.15, -0.1) is 0 Å². The Labute approximate surface area is 275 Å². The Kier molecular flexibility index (Phi) is 12.5. The van der Waals surface area contributed by atoms with Crippen LogP contribution in [0.25, 0.3) is 0 Å². The van der Waals surface area contributed by atoms with Crippen molar-refractivity contribution in [1.82, 2.24) is 5.32 Å². The Bertz CT molecular complexity index is 1650. The molecule has 0 aliphatic rings. The number of ether oxygens (including phenoxy) is 1. The minimum atomic E-state index is -0.557.